The summed E-state index contributed by atoms with van der Waals surface area (Å²) < 4.78 is 59.9. The van der Waals surface area contributed by atoms with Gasteiger partial charge in [-0.05, 0) is 37.0 Å². The van der Waals surface area contributed by atoms with Gasteiger partial charge >= 0.3 is 6.18 Å². The van der Waals surface area contributed by atoms with Gasteiger partial charge in [0.05, 0.1) is 0 Å². The zero-order chi connectivity index (χ0) is 16.1. The molecule has 3 nitrogen and oxygen atoms in total. The lowest BCUT2D eigenvalue weighted by Gasteiger charge is -2.45. The lowest BCUT2D eigenvalue weighted by atomic mass is 9.78. The third kappa shape index (κ3) is 2.52. The van der Waals surface area contributed by atoms with E-state index in [1.54, 1.807) is 0 Å². The van der Waals surface area contributed by atoms with E-state index in [0.717, 1.165) is 6.07 Å². The number of nitrogens with one attached hydrogen (secondary N) is 1. The summed E-state index contributed by atoms with van der Waals surface area (Å²) in [4.78, 5) is 11.7. The van der Waals surface area contributed by atoms with Crippen LogP contribution in [-0.4, -0.2) is 24.8 Å². The molecule has 0 radical (unpaired) electrons. The first-order valence-corrected chi connectivity index (χ1v) is 7.49. The SMILES string of the molecule is O=C1COC(C(F)(F)F)C(c2cc(Br)ccc2F)(C2CC2)N1. The van der Waals surface area contributed by atoms with Gasteiger partial charge in [0.2, 0.25) is 5.91 Å². The molecule has 8 heteroatoms. The van der Waals surface area contributed by atoms with Crippen molar-refractivity contribution >= 4 is 21.8 Å². The first kappa shape index (κ1) is 15.7. The molecule has 2 aliphatic rings. The maximum absolute atomic E-state index is 14.3. The van der Waals surface area contributed by atoms with Gasteiger partial charge in [-0.3, -0.25) is 4.79 Å². The number of morpholine rings is 1. The van der Waals surface area contributed by atoms with Crippen LogP contribution in [0.1, 0.15) is 18.4 Å². The Hall–Kier alpha value is -1.15. The minimum Gasteiger partial charge on any atom is -0.356 e. The molecule has 120 valence electrons. The van der Waals surface area contributed by atoms with E-state index in [1.807, 2.05) is 0 Å². The molecule has 1 aromatic rings. The van der Waals surface area contributed by atoms with Crippen LogP contribution in [0.15, 0.2) is 22.7 Å². The second-order valence-corrected chi connectivity index (χ2v) is 6.46. The number of hydrogen-bond acceptors (Lipinski definition) is 2. The maximum atomic E-state index is 14.3. The predicted molar refractivity (Wildman–Crippen MR) is 72.4 cm³/mol. The topological polar surface area (TPSA) is 38.3 Å². The van der Waals surface area contributed by atoms with Crippen LogP contribution < -0.4 is 5.32 Å². The second-order valence-electron chi connectivity index (χ2n) is 5.55. The maximum Gasteiger partial charge on any atom is 0.417 e. The summed E-state index contributed by atoms with van der Waals surface area (Å²) in [6, 6.07) is 3.76. The van der Waals surface area contributed by atoms with Crippen molar-refractivity contribution < 1.29 is 27.1 Å². The zero-order valence-corrected chi connectivity index (χ0v) is 12.8. The number of hydrogen-bond donors (Lipinski definition) is 1. The Morgan fingerprint density at radius 3 is 2.59 bits per heavy atom. The third-order valence-corrected chi connectivity index (χ3v) is 4.53. The Bertz CT molecular complexity index is 617. The Labute approximate surface area is 132 Å². The molecule has 2 atom stereocenters. The molecule has 22 heavy (non-hydrogen) atoms. The normalized spacial score (nSPS) is 29.3. The molecule has 0 bridgehead atoms. The van der Waals surface area contributed by atoms with E-state index in [-0.39, 0.29) is 5.56 Å². The number of halogens is 5. The van der Waals surface area contributed by atoms with E-state index in [1.165, 1.54) is 12.1 Å². The summed E-state index contributed by atoms with van der Waals surface area (Å²) in [7, 11) is 0. The van der Waals surface area contributed by atoms with E-state index in [9.17, 15) is 22.4 Å². The molecule has 1 heterocycles. The molecule has 1 saturated carbocycles. The van der Waals surface area contributed by atoms with Crippen molar-refractivity contribution in [2.24, 2.45) is 5.92 Å². The van der Waals surface area contributed by atoms with Gasteiger partial charge in [0.15, 0.2) is 6.10 Å². The van der Waals surface area contributed by atoms with Crippen molar-refractivity contribution in [3.8, 4) is 0 Å². The Balaban J connectivity index is 2.20. The van der Waals surface area contributed by atoms with Gasteiger partial charge in [0.25, 0.3) is 0 Å². The second kappa shape index (κ2) is 5.19. The molecule has 2 unspecified atom stereocenters. The quantitative estimate of drug-likeness (QED) is 0.798. The molecule has 0 aromatic heterocycles. The molecule has 1 aliphatic heterocycles. The van der Waals surface area contributed by atoms with Crippen molar-refractivity contribution in [2.45, 2.75) is 30.7 Å². The minimum absolute atomic E-state index is 0.195. The van der Waals surface area contributed by atoms with Crippen molar-refractivity contribution in [3.05, 3.63) is 34.1 Å². The number of rotatable bonds is 2. The fourth-order valence-electron chi connectivity index (χ4n) is 3.07. The van der Waals surface area contributed by atoms with Crippen LogP contribution in [0.2, 0.25) is 0 Å². The van der Waals surface area contributed by atoms with Crippen molar-refractivity contribution in [2.75, 3.05) is 6.61 Å². The van der Waals surface area contributed by atoms with Crippen LogP contribution in [0.4, 0.5) is 17.6 Å². The van der Waals surface area contributed by atoms with E-state index in [0.29, 0.717) is 17.3 Å². The van der Waals surface area contributed by atoms with Crippen molar-refractivity contribution in [1.82, 2.24) is 5.32 Å². The molecular formula is C14H12BrF4NO2. The van der Waals surface area contributed by atoms with E-state index < -0.39 is 42.1 Å². The van der Waals surface area contributed by atoms with Gasteiger partial charge in [-0.2, -0.15) is 13.2 Å². The van der Waals surface area contributed by atoms with Crippen LogP contribution in [0.5, 0.6) is 0 Å². The third-order valence-electron chi connectivity index (χ3n) is 4.03. The van der Waals surface area contributed by atoms with Crippen LogP contribution in [-0.2, 0) is 15.1 Å². The molecule has 1 amide bonds. The average molecular weight is 382 g/mol. The smallest absolute Gasteiger partial charge is 0.356 e. The summed E-state index contributed by atoms with van der Waals surface area (Å²) in [6.07, 6.45) is -6.04. The molecular weight excluding hydrogens is 370 g/mol. The Morgan fingerprint density at radius 1 is 1.32 bits per heavy atom. The minimum atomic E-state index is -4.72. The van der Waals surface area contributed by atoms with Gasteiger partial charge in [0.1, 0.15) is 18.0 Å². The van der Waals surface area contributed by atoms with Crippen LogP contribution in [0.3, 0.4) is 0 Å². The number of ether oxygens (including phenoxy) is 1. The highest BCUT2D eigenvalue weighted by Crippen LogP contribution is 2.53. The Morgan fingerprint density at radius 2 is 2.00 bits per heavy atom. The number of benzene rings is 1. The first-order chi connectivity index (χ1) is 10.2. The van der Waals surface area contributed by atoms with Crippen molar-refractivity contribution in [3.63, 3.8) is 0 Å². The first-order valence-electron chi connectivity index (χ1n) is 6.70. The Kier molecular flexibility index (Phi) is 3.71. The van der Waals surface area contributed by atoms with E-state index >= 15 is 0 Å². The molecule has 2 fully saturated rings. The summed E-state index contributed by atoms with van der Waals surface area (Å²) in [5.74, 6) is -1.98. The highest BCUT2D eigenvalue weighted by molar-refractivity contribution is 9.10. The summed E-state index contributed by atoms with van der Waals surface area (Å²) >= 11 is 3.14. The predicted octanol–water partition coefficient (Wildman–Crippen LogP) is 3.27. The van der Waals surface area contributed by atoms with E-state index in [2.05, 4.69) is 21.2 Å². The highest BCUT2D eigenvalue weighted by Gasteiger charge is 2.64. The van der Waals surface area contributed by atoms with Crippen LogP contribution in [0.25, 0.3) is 0 Å². The monoisotopic (exact) mass is 381 g/mol. The number of amides is 1. The van der Waals surface area contributed by atoms with Gasteiger partial charge in [-0.15, -0.1) is 0 Å². The average Bonchev–Trinajstić information content (AvgIpc) is 3.24. The summed E-state index contributed by atoms with van der Waals surface area (Å²) in [5.41, 5.74) is -2.11. The molecule has 0 spiro atoms. The molecule has 1 saturated heterocycles. The zero-order valence-electron chi connectivity index (χ0n) is 11.2. The molecule has 1 N–H and O–H groups in total. The van der Waals surface area contributed by atoms with Crippen molar-refractivity contribution in [1.29, 1.82) is 0 Å². The van der Waals surface area contributed by atoms with Crippen LogP contribution >= 0.6 is 15.9 Å². The lowest BCUT2D eigenvalue weighted by molar-refractivity contribution is -0.257. The van der Waals surface area contributed by atoms with E-state index in [4.69, 9.17) is 4.74 Å². The highest BCUT2D eigenvalue weighted by atomic mass is 79.9. The van der Waals surface area contributed by atoms with Gasteiger partial charge < -0.3 is 10.1 Å². The standard InChI is InChI=1S/C14H12BrF4NO2/c15-8-3-4-10(16)9(5-8)13(7-1-2-7)12(14(17,18)19)22-6-11(21)20-13/h3-5,7,12H,1-2,6H2,(H,20,21). The fourth-order valence-corrected chi connectivity index (χ4v) is 3.43. The summed E-state index contributed by atoms with van der Waals surface area (Å²) in [6.45, 7) is -0.686. The van der Waals surface area contributed by atoms with Gasteiger partial charge in [-0.25, -0.2) is 4.39 Å². The summed E-state index contributed by atoms with van der Waals surface area (Å²) in [5, 5.41) is 2.39. The number of carbonyl (C=O) groups excluding carboxylic acids is 1. The largest absolute Gasteiger partial charge is 0.417 e. The molecule has 1 aromatic carbocycles. The molecule has 3 rings (SSSR count). The van der Waals surface area contributed by atoms with Crippen LogP contribution in [0, 0.1) is 11.7 Å². The van der Waals surface area contributed by atoms with Gasteiger partial charge in [-0.1, -0.05) is 15.9 Å². The number of alkyl halides is 3. The molecule has 1 aliphatic carbocycles. The fraction of sp³-hybridized carbons (Fsp3) is 0.500. The van der Waals surface area contributed by atoms with Gasteiger partial charge in [0, 0.05) is 10.0 Å². The number of carbonyl (C=O) groups is 1. The lowest BCUT2D eigenvalue weighted by Crippen LogP contribution is -2.66.